The second kappa shape index (κ2) is 4.78. The molecule has 1 saturated heterocycles. The van der Waals surface area contributed by atoms with E-state index in [4.69, 9.17) is 10.5 Å². The Morgan fingerprint density at radius 2 is 2.24 bits per heavy atom. The predicted octanol–water partition coefficient (Wildman–Crippen LogP) is 1.58. The maximum absolute atomic E-state index is 13.0. The van der Waals surface area contributed by atoms with Crippen molar-refractivity contribution in [1.82, 2.24) is 4.98 Å². The molecule has 0 bridgehead atoms. The molecule has 1 saturated carbocycles. The Balaban J connectivity index is 1.89. The summed E-state index contributed by atoms with van der Waals surface area (Å²) >= 11 is 0. The van der Waals surface area contributed by atoms with Crippen molar-refractivity contribution in [1.29, 1.82) is 0 Å². The van der Waals surface area contributed by atoms with E-state index in [-0.39, 0.29) is 23.3 Å². The molecule has 2 fully saturated rings. The zero-order chi connectivity index (χ0) is 15.3. The monoisotopic (exact) mass is 289 g/mol. The van der Waals surface area contributed by atoms with Gasteiger partial charge in [0.15, 0.2) is 0 Å². The SMILES string of the molecule is CN(C(=O)C1(N)C2CCCOC2C1(C)C)c1ccccn1. The molecule has 3 atom stereocenters. The molecule has 2 heterocycles. The number of carbonyl (C=O) groups is 1. The molecule has 0 spiro atoms. The number of hydrogen-bond donors (Lipinski definition) is 1. The van der Waals surface area contributed by atoms with Crippen LogP contribution < -0.4 is 10.6 Å². The highest BCUT2D eigenvalue weighted by molar-refractivity contribution is 6.01. The predicted molar refractivity (Wildman–Crippen MR) is 80.8 cm³/mol. The van der Waals surface area contributed by atoms with E-state index in [9.17, 15) is 4.79 Å². The lowest BCUT2D eigenvalue weighted by molar-refractivity contribution is -0.223. The fraction of sp³-hybridized carbons (Fsp3) is 0.625. The third kappa shape index (κ3) is 1.84. The summed E-state index contributed by atoms with van der Waals surface area (Å²) < 4.78 is 5.86. The Hall–Kier alpha value is -1.46. The van der Waals surface area contributed by atoms with Gasteiger partial charge in [0.2, 0.25) is 5.91 Å². The lowest BCUT2D eigenvalue weighted by Gasteiger charge is -2.65. The third-order valence-electron chi connectivity index (χ3n) is 5.34. The summed E-state index contributed by atoms with van der Waals surface area (Å²) in [6.07, 6.45) is 3.68. The largest absolute Gasteiger partial charge is 0.377 e. The average Bonchev–Trinajstić information content (AvgIpc) is 2.53. The van der Waals surface area contributed by atoms with Crippen LogP contribution in [0.2, 0.25) is 0 Å². The van der Waals surface area contributed by atoms with Gasteiger partial charge in [0.25, 0.3) is 0 Å². The first-order chi connectivity index (χ1) is 9.90. The number of anilines is 1. The highest BCUT2D eigenvalue weighted by Gasteiger charge is 2.70. The minimum atomic E-state index is -0.885. The van der Waals surface area contributed by atoms with Crippen LogP contribution in [0.3, 0.4) is 0 Å². The summed E-state index contributed by atoms with van der Waals surface area (Å²) in [5, 5.41) is 0. The summed E-state index contributed by atoms with van der Waals surface area (Å²) in [5.74, 6) is 0.654. The Bertz CT molecular complexity index is 546. The van der Waals surface area contributed by atoms with Gasteiger partial charge in [-0.3, -0.25) is 9.69 Å². The van der Waals surface area contributed by atoms with Crippen LogP contribution in [0, 0.1) is 11.3 Å². The summed E-state index contributed by atoms with van der Waals surface area (Å²) in [7, 11) is 1.74. The van der Waals surface area contributed by atoms with E-state index in [2.05, 4.69) is 4.98 Å². The quantitative estimate of drug-likeness (QED) is 0.897. The van der Waals surface area contributed by atoms with E-state index < -0.39 is 5.54 Å². The maximum Gasteiger partial charge on any atom is 0.249 e. The highest BCUT2D eigenvalue weighted by atomic mass is 16.5. The normalized spacial score (nSPS) is 33.7. The zero-order valence-electron chi connectivity index (χ0n) is 12.9. The maximum atomic E-state index is 13.0. The molecule has 3 rings (SSSR count). The molecule has 2 aliphatic rings. The van der Waals surface area contributed by atoms with E-state index in [1.54, 1.807) is 18.1 Å². The van der Waals surface area contributed by atoms with Gasteiger partial charge in [-0.1, -0.05) is 19.9 Å². The molecule has 0 radical (unpaired) electrons. The van der Waals surface area contributed by atoms with Crippen molar-refractivity contribution >= 4 is 11.7 Å². The van der Waals surface area contributed by atoms with Gasteiger partial charge in [0.05, 0.1) is 6.10 Å². The third-order valence-corrected chi connectivity index (χ3v) is 5.34. The van der Waals surface area contributed by atoms with Gasteiger partial charge in [0, 0.05) is 31.2 Å². The van der Waals surface area contributed by atoms with Gasteiger partial charge in [-0.15, -0.1) is 0 Å². The molecule has 1 aliphatic heterocycles. The molecule has 114 valence electrons. The van der Waals surface area contributed by atoms with Crippen molar-refractivity contribution in [2.45, 2.75) is 38.3 Å². The minimum Gasteiger partial charge on any atom is -0.377 e. The van der Waals surface area contributed by atoms with E-state index in [1.165, 1.54) is 0 Å². The molecule has 1 aromatic heterocycles. The number of aromatic nitrogens is 1. The Morgan fingerprint density at radius 1 is 1.48 bits per heavy atom. The van der Waals surface area contributed by atoms with Gasteiger partial charge in [-0.25, -0.2) is 4.98 Å². The molecule has 21 heavy (non-hydrogen) atoms. The van der Waals surface area contributed by atoms with Crippen LogP contribution >= 0.6 is 0 Å². The second-order valence-corrected chi connectivity index (χ2v) is 6.68. The van der Waals surface area contributed by atoms with Crippen molar-refractivity contribution in [2.75, 3.05) is 18.6 Å². The van der Waals surface area contributed by atoms with E-state index in [0.29, 0.717) is 5.82 Å². The Labute approximate surface area is 125 Å². The number of pyridine rings is 1. The van der Waals surface area contributed by atoms with Crippen LogP contribution in [-0.4, -0.2) is 36.2 Å². The number of likely N-dealkylation sites (N-methyl/N-ethyl adjacent to an activating group) is 1. The first-order valence-electron chi connectivity index (χ1n) is 7.50. The molecule has 5 nitrogen and oxygen atoms in total. The number of amides is 1. The van der Waals surface area contributed by atoms with E-state index >= 15 is 0 Å². The Kier molecular flexibility index (Phi) is 3.30. The molecule has 2 N–H and O–H groups in total. The smallest absolute Gasteiger partial charge is 0.249 e. The summed E-state index contributed by atoms with van der Waals surface area (Å²) in [6.45, 7) is 4.83. The summed E-state index contributed by atoms with van der Waals surface area (Å²) in [5.41, 5.74) is 5.37. The summed E-state index contributed by atoms with van der Waals surface area (Å²) in [4.78, 5) is 18.8. The fourth-order valence-electron chi connectivity index (χ4n) is 3.94. The number of ether oxygens (including phenoxy) is 1. The first-order valence-corrected chi connectivity index (χ1v) is 7.50. The number of nitrogens with zero attached hydrogens (tertiary/aromatic N) is 2. The highest BCUT2D eigenvalue weighted by Crippen LogP contribution is 2.58. The van der Waals surface area contributed by atoms with Crippen molar-refractivity contribution in [3.05, 3.63) is 24.4 Å². The molecular weight excluding hydrogens is 266 g/mol. The average molecular weight is 289 g/mol. The lowest BCUT2D eigenvalue weighted by atomic mass is 9.46. The number of nitrogens with two attached hydrogens (primary N) is 1. The molecule has 1 amide bonds. The Morgan fingerprint density at radius 3 is 2.90 bits per heavy atom. The van der Waals surface area contributed by atoms with Crippen LogP contribution in [0.1, 0.15) is 26.7 Å². The van der Waals surface area contributed by atoms with Crippen LogP contribution in [-0.2, 0) is 9.53 Å². The molecular formula is C16H23N3O2. The number of hydrogen-bond acceptors (Lipinski definition) is 4. The van der Waals surface area contributed by atoms with Gasteiger partial charge in [-0.2, -0.15) is 0 Å². The molecule has 0 aromatic carbocycles. The summed E-state index contributed by atoms with van der Waals surface area (Å²) in [6, 6.07) is 5.52. The van der Waals surface area contributed by atoms with Gasteiger partial charge in [0.1, 0.15) is 11.4 Å². The van der Waals surface area contributed by atoms with Crippen molar-refractivity contribution in [3.63, 3.8) is 0 Å². The van der Waals surface area contributed by atoms with Crippen LogP contribution in [0.4, 0.5) is 5.82 Å². The van der Waals surface area contributed by atoms with Crippen LogP contribution in [0.25, 0.3) is 0 Å². The van der Waals surface area contributed by atoms with Crippen LogP contribution in [0.15, 0.2) is 24.4 Å². The molecule has 3 unspecified atom stereocenters. The van der Waals surface area contributed by atoms with Gasteiger partial charge in [-0.05, 0) is 25.0 Å². The second-order valence-electron chi connectivity index (χ2n) is 6.68. The fourth-order valence-corrected chi connectivity index (χ4v) is 3.94. The molecule has 5 heteroatoms. The standard InChI is InChI=1S/C16H23N3O2/c1-15(2)13-11(7-6-10-21-13)16(15,17)14(20)19(3)12-8-4-5-9-18-12/h4-5,8-9,11,13H,6-7,10,17H2,1-3H3. The lowest BCUT2D eigenvalue weighted by Crippen LogP contribution is -2.82. The molecule has 1 aliphatic carbocycles. The van der Waals surface area contributed by atoms with Crippen molar-refractivity contribution < 1.29 is 9.53 Å². The minimum absolute atomic E-state index is 0.0713. The topological polar surface area (TPSA) is 68.5 Å². The van der Waals surface area contributed by atoms with Gasteiger partial charge >= 0.3 is 0 Å². The zero-order valence-corrected chi connectivity index (χ0v) is 12.9. The number of carbonyl (C=O) groups excluding carboxylic acids is 1. The van der Waals surface area contributed by atoms with Crippen molar-refractivity contribution in [3.8, 4) is 0 Å². The first kappa shape index (κ1) is 14.5. The number of fused-ring (bicyclic) bond motifs is 1. The number of rotatable bonds is 2. The van der Waals surface area contributed by atoms with E-state index in [0.717, 1.165) is 19.4 Å². The molecule has 1 aromatic rings. The van der Waals surface area contributed by atoms with Gasteiger partial charge < -0.3 is 10.5 Å². The van der Waals surface area contributed by atoms with Crippen LogP contribution in [0.5, 0.6) is 0 Å². The van der Waals surface area contributed by atoms with Crippen molar-refractivity contribution in [2.24, 2.45) is 17.1 Å². The van der Waals surface area contributed by atoms with E-state index in [1.807, 2.05) is 32.0 Å².